The van der Waals surface area contributed by atoms with Crippen molar-refractivity contribution in [2.75, 3.05) is 0 Å². The molecule has 0 aromatic heterocycles. The molecule has 1 heterocycles. The van der Waals surface area contributed by atoms with Crippen LogP contribution in [-0.4, -0.2) is 17.5 Å². The van der Waals surface area contributed by atoms with Crippen molar-refractivity contribution in [3.63, 3.8) is 0 Å². The van der Waals surface area contributed by atoms with Crippen molar-refractivity contribution >= 4 is 5.78 Å². The lowest BCUT2D eigenvalue weighted by Crippen LogP contribution is -2.07. The van der Waals surface area contributed by atoms with Gasteiger partial charge in [0.15, 0.2) is 0 Å². The Morgan fingerprint density at radius 3 is 2.56 bits per heavy atom. The topological polar surface area (TPSA) is 29.6 Å². The molecule has 0 amide bonds. The van der Waals surface area contributed by atoms with E-state index in [0.717, 1.165) is 25.7 Å². The summed E-state index contributed by atoms with van der Waals surface area (Å²) in [5.41, 5.74) is 1.54. The summed E-state index contributed by atoms with van der Waals surface area (Å²) in [6.07, 6.45) is 7.51. The summed E-state index contributed by atoms with van der Waals surface area (Å²) in [5.74, 6) is 0.271. The Kier molecular flexibility index (Phi) is 4.72. The van der Waals surface area contributed by atoms with Gasteiger partial charge >= 0.3 is 0 Å². The zero-order chi connectivity index (χ0) is 12.2. The second-order valence-electron chi connectivity index (χ2n) is 5.10. The third kappa shape index (κ3) is 4.09. The molecule has 0 N–H and O–H groups in total. The van der Waals surface area contributed by atoms with Gasteiger partial charge in [0.1, 0.15) is 5.78 Å². The van der Waals surface area contributed by atoms with E-state index in [4.69, 9.17) is 4.74 Å². The van der Waals surface area contributed by atoms with Gasteiger partial charge in [-0.25, -0.2) is 0 Å². The summed E-state index contributed by atoms with van der Waals surface area (Å²) in [4.78, 5) is 10.8. The summed E-state index contributed by atoms with van der Waals surface area (Å²) in [7, 11) is 0. The minimum atomic E-state index is 0.152. The average molecular weight is 224 g/mol. The molecule has 2 unspecified atom stereocenters. The highest BCUT2D eigenvalue weighted by atomic mass is 16.6. The van der Waals surface area contributed by atoms with Gasteiger partial charge < -0.3 is 9.53 Å². The molecule has 2 atom stereocenters. The Labute approximate surface area is 99.1 Å². The largest absolute Gasteiger partial charge is 0.366 e. The molecule has 0 aromatic rings. The van der Waals surface area contributed by atoms with Crippen LogP contribution in [0.5, 0.6) is 0 Å². The molecule has 1 aliphatic rings. The van der Waals surface area contributed by atoms with Crippen LogP contribution in [-0.2, 0) is 9.53 Å². The summed E-state index contributed by atoms with van der Waals surface area (Å²) in [6, 6.07) is 0. The third-order valence-corrected chi connectivity index (χ3v) is 3.53. The Hall–Kier alpha value is -0.630. The Balaban J connectivity index is 2.16. The van der Waals surface area contributed by atoms with Gasteiger partial charge in [-0.05, 0) is 46.5 Å². The van der Waals surface area contributed by atoms with Crippen LogP contribution in [0.15, 0.2) is 11.6 Å². The van der Waals surface area contributed by atoms with E-state index in [1.54, 1.807) is 6.92 Å². The molecule has 0 radical (unpaired) electrons. The summed E-state index contributed by atoms with van der Waals surface area (Å²) in [5, 5.41) is 0. The van der Waals surface area contributed by atoms with Gasteiger partial charge in [0.25, 0.3) is 0 Å². The van der Waals surface area contributed by atoms with Gasteiger partial charge in [-0.1, -0.05) is 18.6 Å². The smallest absolute Gasteiger partial charge is 0.130 e. The first kappa shape index (κ1) is 13.4. The Morgan fingerprint density at radius 2 is 2.06 bits per heavy atom. The molecule has 2 nitrogen and oxygen atoms in total. The highest BCUT2D eigenvalue weighted by Crippen LogP contribution is 2.42. The van der Waals surface area contributed by atoms with Gasteiger partial charge in [-0.2, -0.15) is 0 Å². The van der Waals surface area contributed by atoms with Crippen LogP contribution in [0.1, 0.15) is 59.8 Å². The van der Waals surface area contributed by atoms with Gasteiger partial charge in [-0.15, -0.1) is 0 Å². The number of rotatable bonds is 7. The van der Waals surface area contributed by atoms with E-state index in [-0.39, 0.29) is 11.4 Å². The first-order chi connectivity index (χ1) is 7.48. The maximum atomic E-state index is 10.8. The summed E-state index contributed by atoms with van der Waals surface area (Å²) < 4.78 is 5.67. The van der Waals surface area contributed by atoms with Crippen LogP contribution in [0.2, 0.25) is 0 Å². The second-order valence-corrected chi connectivity index (χ2v) is 5.10. The van der Waals surface area contributed by atoms with Gasteiger partial charge in [0, 0.05) is 6.42 Å². The van der Waals surface area contributed by atoms with Crippen molar-refractivity contribution in [3.05, 3.63) is 11.6 Å². The summed E-state index contributed by atoms with van der Waals surface area (Å²) >= 11 is 0. The molecule has 92 valence electrons. The predicted octanol–water partition coefficient (Wildman–Crippen LogP) is 3.65. The maximum absolute atomic E-state index is 10.8. The predicted molar refractivity (Wildman–Crippen MR) is 66.5 cm³/mol. The Morgan fingerprint density at radius 1 is 1.38 bits per heavy atom. The summed E-state index contributed by atoms with van der Waals surface area (Å²) in [6.45, 7) is 8.15. The fourth-order valence-corrected chi connectivity index (χ4v) is 1.95. The molecule has 0 aromatic carbocycles. The molecule has 0 saturated carbocycles. The number of carbonyl (C=O) groups excluding carboxylic acids is 1. The first-order valence-electron chi connectivity index (χ1n) is 6.31. The highest BCUT2D eigenvalue weighted by molar-refractivity contribution is 5.75. The number of Topliss-reactive ketones (excluding diaryl/α,β-unsaturated/α-hetero) is 1. The van der Waals surface area contributed by atoms with Crippen molar-refractivity contribution < 1.29 is 9.53 Å². The normalized spacial score (nSPS) is 29.2. The lowest BCUT2D eigenvalue weighted by molar-refractivity contribution is -0.116. The van der Waals surface area contributed by atoms with E-state index < -0.39 is 0 Å². The van der Waals surface area contributed by atoms with E-state index in [1.807, 2.05) is 0 Å². The molecular formula is C14H24O2. The monoisotopic (exact) mass is 224 g/mol. The number of hydrogen-bond donors (Lipinski definition) is 0. The van der Waals surface area contributed by atoms with E-state index in [1.165, 1.54) is 5.57 Å². The second kappa shape index (κ2) is 5.62. The van der Waals surface area contributed by atoms with Crippen molar-refractivity contribution in [2.45, 2.75) is 71.5 Å². The zero-order valence-corrected chi connectivity index (χ0v) is 11.0. The minimum Gasteiger partial charge on any atom is -0.366 e. The highest BCUT2D eigenvalue weighted by Gasteiger charge is 2.49. The number of ketones is 1. The van der Waals surface area contributed by atoms with E-state index in [0.29, 0.717) is 12.5 Å². The number of epoxide rings is 1. The molecule has 0 spiro atoms. The fraction of sp³-hybridized carbons (Fsp3) is 0.786. The molecule has 1 fully saturated rings. The first-order valence-corrected chi connectivity index (χ1v) is 6.31. The molecule has 2 heteroatoms. The van der Waals surface area contributed by atoms with Gasteiger partial charge in [0.2, 0.25) is 0 Å². The fourth-order valence-electron chi connectivity index (χ4n) is 1.95. The van der Waals surface area contributed by atoms with E-state index in [2.05, 4.69) is 26.8 Å². The van der Waals surface area contributed by atoms with Crippen LogP contribution in [0.25, 0.3) is 0 Å². The maximum Gasteiger partial charge on any atom is 0.130 e. The van der Waals surface area contributed by atoms with E-state index >= 15 is 0 Å². The van der Waals surface area contributed by atoms with Crippen molar-refractivity contribution in [3.8, 4) is 0 Å². The number of allylic oxidation sites excluding steroid dienone is 2. The molecule has 0 bridgehead atoms. The molecule has 1 rings (SSSR count). The SMILES string of the molecule is CCC1(C)OC1CCC(C)=CCCC(C)=O. The van der Waals surface area contributed by atoms with Crippen LogP contribution in [0.3, 0.4) is 0 Å². The van der Waals surface area contributed by atoms with Crippen molar-refractivity contribution in [1.29, 1.82) is 0 Å². The van der Waals surface area contributed by atoms with Crippen LogP contribution < -0.4 is 0 Å². The van der Waals surface area contributed by atoms with Crippen molar-refractivity contribution in [2.24, 2.45) is 0 Å². The molecule has 1 saturated heterocycles. The minimum absolute atomic E-state index is 0.152. The third-order valence-electron chi connectivity index (χ3n) is 3.53. The number of carbonyl (C=O) groups is 1. The lowest BCUT2D eigenvalue weighted by atomic mass is 9.99. The number of ether oxygens (including phenoxy) is 1. The number of hydrogen-bond acceptors (Lipinski definition) is 2. The molecular weight excluding hydrogens is 200 g/mol. The van der Waals surface area contributed by atoms with Gasteiger partial charge in [0.05, 0.1) is 11.7 Å². The van der Waals surface area contributed by atoms with Gasteiger partial charge in [-0.3, -0.25) is 0 Å². The average Bonchev–Trinajstić information content (AvgIpc) is 2.87. The molecule has 0 aliphatic carbocycles. The molecule has 16 heavy (non-hydrogen) atoms. The van der Waals surface area contributed by atoms with E-state index in [9.17, 15) is 4.79 Å². The van der Waals surface area contributed by atoms with Crippen LogP contribution in [0.4, 0.5) is 0 Å². The van der Waals surface area contributed by atoms with Crippen LogP contribution in [0, 0.1) is 0 Å². The zero-order valence-electron chi connectivity index (χ0n) is 11.0. The molecule has 1 aliphatic heterocycles. The lowest BCUT2D eigenvalue weighted by Gasteiger charge is -2.02. The standard InChI is InChI=1S/C14H24O2/c1-5-14(4)13(16-14)10-9-11(2)7-6-8-12(3)15/h7,13H,5-6,8-10H2,1-4H3. The van der Waals surface area contributed by atoms with Crippen molar-refractivity contribution in [1.82, 2.24) is 0 Å². The quantitative estimate of drug-likeness (QED) is 0.488. The van der Waals surface area contributed by atoms with Crippen LogP contribution >= 0.6 is 0 Å². The Bertz CT molecular complexity index is 280.